The number of hydrogen-bond donors (Lipinski definition) is 0. The molecule has 2 heterocycles. The molecule has 158 valence electrons. The van der Waals surface area contributed by atoms with Gasteiger partial charge < -0.3 is 9.15 Å². The van der Waals surface area contributed by atoms with Crippen LogP contribution in [-0.4, -0.2) is 42.6 Å². The summed E-state index contributed by atoms with van der Waals surface area (Å²) in [5.74, 6) is 1.48. The van der Waals surface area contributed by atoms with Crippen molar-refractivity contribution in [2.75, 3.05) is 19.7 Å². The summed E-state index contributed by atoms with van der Waals surface area (Å²) in [5, 5.41) is 8.42. The van der Waals surface area contributed by atoms with Gasteiger partial charge in [0, 0.05) is 18.7 Å². The molecule has 0 amide bonds. The fourth-order valence-corrected chi connectivity index (χ4v) is 5.23. The van der Waals surface area contributed by atoms with Gasteiger partial charge in [-0.2, -0.15) is 4.31 Å². The predicted octanol–water partition coefficient (Wildman–Crippen LogP) is 4.01. The third kappa shape index (κ3) is 4.11. The van der Waals surface area contributed by atoms with Gasteiger partial charge in [-0.3, -0.25) is 0 Å². The summed E-state index contributed by atoms with van der Waals surface area (Å²) in [5.41, 5.74) is 1.95. The number of hydrogen-bond acceptors (Lipinski definition) is 6. The number of ether oxygens (including phenoxy) is 1. The Morgan fingerprint density at radius 1 is 1.13 bits per heavy atom. The van der Waals surface area contributed by atoms with Crippen LogP contribution >= 0.6 is 0 Å². The first-order valence-electron chi connectivity index (χ1n) is 10.1. The average Bonchev–Trinajstić information content (AvgIpc) is 3.25. The molecular formula is C22H25N3O4S. The molecule has 4 rings (SSSR count). The number of sulfonamides is 1. The molecule has 1 aliphatic heterocycles. The molecule has 3 aromatic rings. The monoisotopic (exact) mass is 427 g/mol. The number of piperidine rings is 1. The molecule has 0 bridgehead atoms. The molecule has 0 aliphatic carbocycles. The molecule has 0 radical (unpaired) electrons. The van der Waals surface area contributed by atoms with Crippen LogP contribution in [-0.2, 0) is 10.0 Å². The summed E-state index contributed by atoms with van der Waals surface area (Å²) < 4.78 is 39.1. The van der Waals surface area contributed by atoms with Crippen LogP contribution in [0.15, 0.2) is 57.8 Å². The van der Waals surface area contributed by atoms with Crippen LogP contribution in [0.5, 0.6) is 5.75 Å². The third-order valence-electron chi connectivity index (χ3n) is 5.32. The molecule has 0 spiro atoms. The molecule has 1 fully saturated rings. The second-order valence-corrected chi connectivity index (χ2v) is 9.30. The van der Waals surface area contributed by atoms with Gasteiger partial charge in [0.05, 0.1) is 17.4 Å². The van der Waals surface area contributed by atoms with E-state index in [0.29, 0.717) is 37.2 Å². The van der Waals surface area contributed by atoms with Crippen LogP contribution in [0.25, 0.3) is 11.5 Å². The molecule has 30 heavy (non-hydrogen) atoms. The van der Waals surface area contributed by atoms with Crippen LogP contribution in [0, 0.1) is 6.92 Å². The third-order valence-corrected chi connectivity index (χ3v) is 7.20. The van der Waals surface area contributed by atoms with Gasteiger partial charge in [-0.25, -0.2) is 8.42 Å². The van der Waals surface area contributed by atoms with E-state index in [2.05, 4.69) is 10.2 Å². The van der Waals surface area contributed by atoms with Crippen molar-refractivity contribution in [3.05, 3.63) is 60.0 Å². The van der Waals surface area contributed by atoms with Gasteiger partial charge in [0.25, 0.3) is 0 Å². The molecule has 0 N–H and O–H groups in total. The van der Waals surface area contributed by atoms with E-state index in [-0.39, 0.29) is 10.8 Å². The van der Waals surface area contributed by atoms with Crippen LogP contribution < -0.4 is 4.74 Å². The minimum Gasteiger partial charge on any atom is -0.494 e. The highest BCUT2D eigenvalue weighted by Gasteiger charge is 2.33. The molecule has 1 atom stereocenters. The van der Waals surface area contributed by atoms with Crippen molar-refractivity contribution in [1.82, 2.24) is 14.5 Å². The van der Waals surface area contributed by atoms with Crippen molar-refractivity contribution in [1.29, 1.82) is 0 Å². The highest BCUT2D eigenvalue weighted by Crippen LogP contribution is 2.32. The lowest BCUT2D eigenvalue weighted by Crippen LogP contribution is -2.39. The molecule has 1 saturated heterocycles. The Balaban J connectivity index is 1.53. The van der Waals surface area contributed by atoms with E-state index in [9.17, 15) is 8.42 Å². The first-order valence-corrected chi connectivity index (χ1v) is 11.6. The molecule has 1 aliphatic rings. The van der Waals surface area contributed by atoms with Gasteiger partial charge in [-0.15, -0.1) is 10.2 Å². The van der Waals surface area contributed by atoms with Crippen LogP contribution in [0.4, 0.5) is 0 Å². The fourth-order valence-electron chi connectivity index (χ4n) is 3.71. The molecule has 8 heteroatoms. The quantitative estimate of drug-likeness (QED) is 0.591. The van der Waals surface area contributed by atoms with Gasteiger partial charge in [0.15, 0.2) is 0 Å². The van der Waals surface area contributed by atoms with E-state index in [1.54, 1.807) is 24.3 Å². The zero-order valence-corrected chi connectivity index (χ0v) is 17.9. The maximum absolute atomic E-state index is 13.1. The van der Waals surface area contributed by atoms with E-state index in [1.165, 1.54) is 4.31 Å². The first kappa shape index (κ1) is 20.6. The minimum absolute atomic E-state index is 0.124. The normalized spacial score (nSPS) is 17.7. The second kappa shape index (κ2) is 8.57. The van der Waals surface area contributed by atoms with Crippen molar-refractivity contribution in [2.45, 2.75) is 37.5 Å². The van der Waals surface area contributed by atoms with Gasteiger partial charge in [-0.05, 0) is 62.6 Å². The largest absolute Gasteiger partial charge is 0.494 e. The Bertz CT molecular complexity index is 1110. The summed E-state index contributed by atoms with van der Waals surface area (Å²) in [6, 6.07) is 14.4. The zero-order valence-electron chi connectivity index (χ0n) is 17.1. The second-order valence-electron chi connectivity index (χ2n) is 7.37. The van der Waals surface area contributed by atoms with Gasteiger partial charge in [0.2, 0.25) is 21.8 Å². The Labute approximate surface area is 176 Å². The molecule has 0 unspecified atom stereocenters. The number of benzene rings is 2. The molecule has 1 aromatic heterocycles. The van der Waals surface area contributed by atoms with Crippen molar-refractivity contribution < 1.29 is 17.6 Å². The highest BCUT2D eigenvalue weighted by atomic mass is 32.2. The van der Waals surface area contributed by atoms with Crippen molar-refractivity contribution in [3.8, 4) is 17.2 Å². The van der Waals surface area contributed by atoms with E-state index in [0.717, 1.165) is 24.0 Å². The van der Waals surface area contributed by atoms with Crippen LogP contribution in [0.1, 0.15) is 37.1 Å². The lowest BCUT2D eigenvalue weighted by atomic mass is 10.00. The number of nitrogens with zero attached hydrogens (tertiary/aromatic N) is 3. The molecule has 0 saturated carbocycles. The zero-order chi connectivity index (χ0) is 21.1. The predicted molar refractivity (Wildman–Crippen MR) is 113 cm³/mol. The topological polar surface area (TPSA) is 85.5 Å². The summed E-state index contributed by atoms with van der Waals surface area (Å²) in [6.45, 7) is 5.22. The Hall–Kier alpha value is -2.71. The summed E-state index contributed by atoms with van der Waals surface area (Å²) in [6.07, 6.45) is 1.55. The average molecular weight is 428 g/mol. The summed E-state index contributed by atoms with van der Waals surface area (Å²) in [7, 11) is -3.60. The SMILES string of the molecule is CCOc1ccc(S(=O)(=O)N2CCC[C@H](c3nnc(-c4ccccc4C)o3)C2)cc1. The Morgan fingerprint density at radius 3 is 2.63 bits per heavy atom. The smallest absolute Gasteiger partial charge is 0.248 e. The number of rotatable bonds is 6. The lowest BCUT2D eigenvalue weighted by Gasteiger charge is -2.30. The van der Waals surface area contributed by atoms with E-state index < -0.39 is 10.0 Å². The standard InChI is InChI=1S/C22H25N3O4S/c1-3-28-18-10-12-19(13-11-18)30(26,27)25-14-6-8-17(15-25)21-23-24-22(29-21)20-9-5-4-7-16(20)2/h4-5,7,9-13,17H,3,6,8,14-15H2,1-2H3/t17-/m0/s1. The van der Waals surface area contributed by atoms with Crippen molar-refractivity contribution in [3.63, 3.8) is 0 Å². The maximum atomic E-state index is 13.1. The summed E-state index contributed by atoms with van der Waals surface area (Å²) >= 11 is 0. The molecular weight excluding hydrogens is 402 g/mol. The summed E-state index contributed by atoms with van der Waals surface area (Å²) in [4.78, 5) is 0.262. The fraction of sp³-hybridized carbons (Fsp3) is 0.364. The maximum Gasteiger partial charge on any atom is 0.248 e. The van der Waals surface area contributed by atoms with Crippen LogP contribution in [0.2, 0.25) is 0 Å². The minimum atomic E-state index is -3.60. The van der Waals surface area contributed by atoms with E-state index in [1.807, 2.05) is 38.1 Å². The van der Waals surface area contributed by atoms with Gasteiger partial charge in [-0.1, -0.05) is 18.2 Å². The highest BCUT2D eigenvalue weighted by molar-refractivity contribution is 7.89. The van der Waals surface area contributed by atoms with Crippen molar-refractivity contribution >= 4 is 10.0 Å². The number of aromatic nitrogens is 2. The number of aryl methyl sites for hydroxylation is 1. The van der Waals surface area contributed by atoms with Crippen LogP contribution in [0.3, 0.4) is 0 Å². The van der Waals surface area contributed by atoms with Crippen molar-refractivity contribution in [2.24, 2.45) is 0 Å². The van der Waals surface area contributed by atoms with Gasteiger partial charge in [0.1, 0.15) is 5.75 Å². The Morgan fingerprint density at radius 2 is 1.90 bits per heavy atom. The first-order chi connectivity index (χ1) is 14.5. The van der Waals surface area contributed by atoms with E-state index >= 15 is 0 Å². The molecule has 7 nitrogen and oxygen atoms in total. The molecule has 2 aromatic carbocycles. The van der Waals surface area contributed by atoms with Gasteiger partial charge >= 0.3 is 0 Å². The van der Waals surface area contributed by atoms with E-state index in [4.69, 9.17) is 9.15 Å². The Kier molecular flexibility index (Phi) is 5.87. The lowest BCUT2D eigenvalue weighted by molar-refractivity contribution is 0.286.